The van der Waals surface area contributed by atoms with E-state index in [-0.39, 0.29) is 11.6 Å². The van der Waals surface area contributed by atoms with Crippen molar-refractivity contribution in [2.45, 2.75) is 46.6 Å². The van der Waals surface area contributed by atoms with Gasteiger partial charge in [0.15, 0.2) is 0 Å². The maximum atomic E-state index is 13.3. The summed E-state index contributed by atoms with van der Waals surface area (Å²) in [5.41, 5.74) is 4.01. The third-order valence-corrected chi connectivity index (χ3v) is 4.91. The van der Waals surface area contributed by atoms with Gasteiger partial charge in [-0.25, -0.2) is 4.98 Å². The average Bonchev–Trinajstić information content (AvgIpc) is 2.65. The first-order chi connectivity index (χ1) is 12.6. The highest BCUT2D eigenvalue weighted by Crippen LogP contribution is 2.21. The van der Waals surface area contributed by atoms with E-state index in [0.717, 1.165) is 36.4 Å². The summed E-state index contributed by atoms with van der Waals surface area (Å²) in [6.07, 6.45) is 1.91. The van der Waals surface area contributed by atoms with E-state index in [4.69, 9.17) is 4.98 Å². The van der Waals surface area contributed by atoms with E-state index in [9.17, 15) is 4.79 Å². The van der Waals surface area contributed by atoms with Gasteiger partial charge in [0.1, 0.15) is 5.82 Å². The molecule has 1 heterocycles. The zero-order chi connectivity index (χ0) is 18.7. The molecule has 2 aromatic carbocycles. The minimum Gasteiger partial charge on any atom is -0.307 e. The molecule has 4 nitrogen and oxygen atoms in total. The van der Waals surface area contributed by atoms with E-state index in [1.165, 1.54) is 11.1 Å². The molecule has 0 saturated heterocycles. The number of nitrogens with one attached hydrogen (secondary N) is 1. The first-order valence-electron chi connectivity index (χ1n) is 9.39. The topological polar surface area (TPSA) is 46.9 Å². The van der Waals surface area contributed by atoms with Gasteiger partial charge in [0.2, 0.25) is 0 Å². The minimum atomic E-state index is -0.00870. The zero-order valence-corrected chi connectivity index (χ0v) is 16.0. The fourth-order valence-corrected chi connectivity index (χ4v) is 3.23. The molecule has 0 saturated carbocycles. The molecule has 3 rings (SSSR count). The van der Waals surface area contributed by atoms with E-state index < -0.39 is 0 Å². The Morgan fingerprint density at radius 2 is 1.85 bits per heavy atom. The Labute approximate surface area is 154 Å². The highest BCUT2D eigenvalue weighted by molar-refractivity contribution is 5.77. The molecule has 0 bridgehead atoms. The predicted molar refractivity (Wildman–Crippen MR) is 108 cm³/mol. The van der Waals surface area contributed by atoms with Crippen LogP contribution in [-0.2, 0) is 0 Å². The third kappa shape index (κ3) is 3.42. The van der Waals surface area contributed by atoms with Gasteiger partial charge < -0.3 is 5.32 Å². The van der Waals surface area contributed by atoms with Gasteiger partial charge >= 0.3 is 0 Å². The van der Waals surface area contributed by atoms with Crippen molar-refractivity contribution in [2.24, 2.45) is 0 Å². The first-order valence-corrected chi connectivity index (χ1v) is 9.39. The van der Waals surface area contributed by atoms with E-state index in [1.54, 1.807) is 4.57 Å². The molecule has 0 amide bonds. The second-order valence-corrected chi connectivity index (χ2v) is 6.81. The molecular formula is C22H27N3O. The Hall–Kier alpha value is -2.46. The van der Waals surface area contributed by atoms with Crippen LogP contribution >= 0.6 is 0 Å². The number of aromatic nitrogens is 2. The lowest BCUT2D eigenvalue weighted by Crippen LogP contribution is -2.31. The molecule has 1 aromatic heterocycles. The first kappa shape index (κ1) is 18.3. The number of hydrogen-bond acceptors (Lipinski definition) is 3. The van der Waals surface area contributed by atoms with Crippen molar-refractivity contribution in [3.63, 3.8) is 0 Å². The Kier molecular flexibility index (Phi) is 5.52. The van der Waals surface area contributed by atoms with Crippen molar-refractivity contribution in [2.75, 3.05) is 6.54 Å². The number of nitrogens with zero attached hydrogens (tertiary/aromatic N) is 2. The molecule has 136 valence electrons. The standard InChI is InChI=1S/C22H27N3O/c1-5-13-23-19(6-2)21-24-20-10-8-7-9-18(20)22(26)25(21)17-12-11-15(3)16(4)14-17/h7-12,14,19,23H,5-6,13H2,1-4H3/t19-/m1/s1. The van der Waals surface area contributed by atoms with Crippen LogP contribution < -0.4 is 10.9 Å². The van der Waals surface area contributed by atoms with Gasteiger partial charge in [-0.2, -0.15) is 0 Å². The van der Waals surface area contributed by atoms with Crippen LogP contribution in [0, 0.1) is 13.8 Å². The quantitative estimate of drug-likeness (QED) is 0.715. The van der Waals surface area contributed by atoms with Gasteiger partial charge in [-0.15, -0.1) is 0 Å². The largest absolute Gasteiger partial charge is 0.307 e. The summed E-state index contributed by atoms with van der Waals surface area (Å²) >= 11 is 0. The van der Waals surface area contributed by atoms with Crippen LogP contribution in [-0.4, -0.2) is 16.1 Å². The Morgan fingerprint density at radius 1 is 1.08 bits per heavy atom. The summed E-state index contributed by atoms with van der Waals surface area (Å²) in [6.45, 7) is 9.32. The van der Waals surface area contributed by atoms with Crippen molar-refractivity contribution in [3.05, 3.63) is 69.8 Å². The molecule has 0 fully saturated rings. The number of fused-ring (bicyclic) bond motifs is 1. The zero-order valence-electron chi connectivity index (χ0n) is 16.0. The molecule has 1 N–H and O–H groups in total. The highest BCUT2D eigenvalue weighted by Gasteiger charge is 2.19. The van der Waals surface area contributed by atoms with Gasteiger partial charge in [0, 0.05) is 0 Å². The van der Waals surface area contributed by atoms with Crippen molar-refractivity contribution in [3.8, 4) is 5.69 Å². The summed E-state index contributed by atoms with van der Waals surface area (Å²) in [6, 6.07) is 13.8. The maximum Gasteiger partial charge on any atom is 0.266 e. The maximum absolute atomic E-state index is 13.3. The van der Waals surface area contributed by atoms with E-state index in [1.807, 2.05) is 30.3 Å². The second kappa shape index (κ2) is 7.83. The molecule has 0 spiro atoms. The SMILES string of the molecule is CCCN[C@H](CC)c1nc2ccccc2c(=O)n1-c1ccc(C)c(C)c1. The molecule has 0 aliphatic heterocycles. The molecule has 0 aliphatic carbocycles. The lowest BCUT2D eigenvalue weighted by molar-refractivity contribution is 0.484. The van der Waals surface area contributed by atoms with Crippen LogP contribution in [0.1, 0.15) is 49.7 Å². The molecule has 4 heteroatoms. The van der Waals surface area contributed by atoms with Crippen LogP contribution in [0.15, 0.2) is 47.3 Å². The van der Waals surface area contributed by atoms with Gasteiger partial charge in [-0.1, -0.05) is 32.0 Å². The number of para-hydroxylation sites is 1. The summed E-state index contributed by atoms with van der Waals surface area (Å²) < 4.78 is 1.78. The Balaban J connectivity index is 2.30. The molecule has 0 radical (unpaired) electrons. The van der Waals surface area contributed by atoms with Crippen molar-refractivity contribution in [1.29, 1.82) is 0 Å². The third-order valence-electron chi connectivity index (χ3n) is 4.91. The molecule has 3 aromatic rings. The summed E-state index contributed by atoms with van der Waals surface area (Å²) in [7, 11) is 0. The van der Waals surface area contributed by atoms with Crippen LogP contribution in [0.5, 0.6) is 0 Å². The van der Waals surface area contributed by atoms with Crippen molar-refractivity contribution < 1.29 is 0 Å². The monoisotopic (exact) mass is 349 g/mol. The van der Waals surface area contributed by atoms with Crippen LogP contribution in [0.2, 0.25) is 0 Å². The smallest absolute Gasteiger partial charge is 0.266 e. The molecule has 0 unspecified atom stereocenters. The molecular weight excluding hydrogens is 322 g/mol. The lowest BCUT2D eigenvalue weighted by atomic mass is 10.1. The number of hydrogen-bond donors (Lipinski definition) is 1. The number of rotatable bonds is 6. The second-order valence-electron chi connectivity index (χ2n) is 6.81. The number of benzene rings is 2. The van der Waals surface area contributed by atoms with Gasteiger partial charge in [0.25, 0.3) is 5.56 Å². The molecule has 26 heavy (non-hydrogen) atoms. The van der Waals surface area contributed by atoms with Crippen molar-refractivity contribution >= 4 is 10.9 Å². The highest BCUT2D eigenvalue weighted by atomic mass is 16.1. The lowest BCUT2D eigenvalue weighted by Gasteiger charge is -2.22. The van der Waals surface area contributed by atoms with E-state index in [2.05, 4.69) is 45.1 Å². The van der Waals surface area contributed by atoms with Gasteiger partial charge in [0.05, 0.1) is 22.6 Å². The van der Waals surface area contributed by atoms with Gasteiger partial charge in [-0.05, 0) is 68.6 Å². The van der Waals surface area contributed by atoms with Gasteiger partial charge in [-0.3, -0.25) is 9.36 Å². The predicted octanol–water partition coefficient (Wildman–Crippen LogP) is 4.45. The Morgan fingerprint density at radius 3 is 2.54 bits per heavy atom. The van der Waals surface area contributed by atoms with E-state index in [0.29, 0.717) is 5.39 Å². The summed E-state index contributed by atoms with van der Waals surface area (Å²) in [5, 5.41) is 4.19. The normalized spacial score (nSPS) is 12.5. The average molecular weight is 349 g/mol. The van der Waals surface area contributed by atoms with Crippen molar-refractivity contribution in [1.82, 2.24) is 14.9 Å². The molecule has 0 aliphatic rings. The summed E-state index contributed by atoms with van der Waals surface area (Å²) in [5.74, 6) is 0.785. The number of aryl methyl sites for hydroxylation is 2. The van der Waals surface area contributed by atoms with Crippen LogP contribution in [0.4, 0.5) is 0 Å². The fraction of sp³-hybridized carbons (Fsp3) is 0.364. The fourth-order valence-electron chi connectivity index (χ4n) is 3.23. The molecule has 1 atom stereocenters. The van der Waals surface area contributed by atoms with Crippen LogP contribution in [0.25, 0.3) is 16.6 Å². The van der Waals surface area contributed by atoms with E-state index >= 15 is 0 Å². The van der Waals surface area contributed by atoms with Crippen LogP contribution in [0.3, 0.4) is 0 Å². The summed E-state index contributed by atoms with van der Waals surface area (Å²) in [4.78, 5) is 18.2. The minimum absolute atomic E-state index is 0.00870. The Bertz CT molecular complexity index is 975.